The lowest BCUT2D eigenvalue weighted by molar-refractivity contribution is -0.138. The van der Waals surface area contributed by atoms with Gasteiger partial charge < -0.3 is 10.5 Å². The summed E-state index contributed by atoms with van der Waals surface area (Å²) in [6.07, 6.45) is -3.03. The molecule has 0 saturated heterocycles. The number of hydrogen-bond acceptors (Lipinski definition) is 3. The van der Waals surface area contributed by atoms with Gasteiger partial charge in [0, 0.05) is 0 Å². The Bertz CT molecular complexity index is 376. The average molecular weight is 218 g/mol. The molecule has 0 aliphatic heterocycles. The van der Waals surface area contributed by atoms with Gasteiger partial charge in [-0.3, -0.25) is 4.98 Å². The molecule has 0 radical (unpaired) electrons. The topological polar surface area (TPSA) is 56.0 Å². The van der Waals surface area contributed by atoms with Crippen LogP contribution in [0.15, 0.2) is 12.3 Å². The van der Waals surface area contributed by atoms with Crippen molar-refractivity contribution in [2.24, 2.45) is 0 Å². The van der Waals surface area contributed by atoms with Crippen LogP contribution in [-0.2, 0) is 11.0 Å². The molecule has 1 aromatic heterocycles. The molecule has 1 unspecified atom stereocenters. The van der Waals surface area contributed by atoms with E-state index in [1.54, 1.807) is 0 Å². The first kappa shape index (κ1) is 11.5. The minimum Gasteiger partial charge on any atom is -0.397 e. The van der Waals surface area contributed by atoms with E-state index in [2.05, 4.69) is 4.98 Å². The fraction of sp³-hybridized carbons (Fsp3) is 0.333. The van der Waals surface area contributed by atoms with Gasteiger partial charge in [0.05, 0.1) is 29.1 Å². The second kappa shape index (κ2) is 3.88. The molecule has 82 valence electrons. The van der Waals surface area contributed by atoms with Crippen molar-refractivity contribution < 1.29 is 18.0 Å². The van der Waals surface area contributed by atoms with Crippen molar-refractivity contribution in [2.45, 2.75) is 19.0 Å². The maximum absolute atomic E-state index is 12.5. The molecule has 0 bridgehead atoms. The average Bonchev–Trinajstić information content (AvgIpc) is 2.15. The predicted molar refractivity (Wildman–Crippen MR) is 48.1 cm³/mol. The van der Waals surface area contributed by atoms with E-state index in [9.17, 15) is 18.0 Å². The highest BCUT2D eigenvalue weighted by Gasteiger charge is 2.35. The number of nitrogen functional groups attached to an aromatic ring is 1. The smallest absolute Gasteiger partial charge is 0.397 e. The Kier molecular flexibility index (Phi) is 2.97. The molecule has 3 nitrogen and oxygen atoms in total. The van der Waals surface area contributed by atoms with E-state index in [4.69, 9.17) is 5.73 Å². The van der Waals surface area contributed by atoms with Gasteiger partial charge in [-0.2, -0.15) is 13.2 Å². The van der Waals surface area contributed by atoms with Gasteiger partial charge >= 0.3 is 6.18 Å². The predicted octanol–water partition coefficient (Wildman–Crippen LogP) is 1.98. The summed E-state index contributed by atoms with van der Waals surface area (Å²) < 4.78 is 37.5. The highest BCUT2D eigenvalue weighted by atomic mass is 19.4. The maximum Gasteiger partial charge on any atom is 0.418 e. The van der Waals surface area contributed by atoms with Gasteiger partial charge in [-0.15, -0.1) is 0 Å². The van der Waals surface area contributed by atoms with E-state index in [0.29, 0.717) is 6.29 Å². The third-order valence-electron chi connectivity index (χ3n) is 1.88. The SMILES string of the molecule is CC(C=O)c1ncc(N)cc1C(F)(F)F. The van der Waals surface area contributed by atoms with Crippen LogP contribution >= 0.6 is 0 Å². The standard InChI is InChI=1S/C9H9F3N2O/c1-5(4-15)8-7(9(10,11)12)2-6(13)3-14-8/h2-5H,13H2,1H3. The molecule has 0 aliphatic carbocycles. The summed E-state index contributed by atoms with van der Waals surface area (Å²) in [5.74, 6) is -0.901. The van der Waals surface area contributed by atoms with Gasteiger partial charge in [0.15, 0.2) is 0 Å². The third kappa shape index (κ3) is 2.45. The Hall–Kier alpha value is -1.59. The van der Waals surface area contributed by atoms with Gasteiger partial charge in [-0.05, 0) is 6.07 Å². The van der Waals surface area contributed by atoms with Crippen LogP contribution < -0.4 is 5.73 Å². The van der Waals surface area contributed by atoms with Crippen LogP contribution in [0, 0.1) is 0 Å². The molecule has 0 saturated carbocycles. The molecule has 1 aromatic rings. The summed E-state index contributed by atoms with van der Waals surface area (Å²) >= 11 is 0. The van der Waals surface area contributed by atoms with Crippen molar-refractivity contribution in [1.82, 2.24) is 4.98 Å². The van der Waals surface area contributed by atoms with Crippen molar-refractivity contribution in [2.75, 3.05) is 5.73 Å². The number of aromatic nitrogens is 1. The zero-order chi connectivity index (χ0) is 11.6. The molecular weight excluding hydrogens is 209 g/mol. The third-order valence-corrected chi connectivity index (χ3v) is 1.88. The quantitative estimate of drug-likeness (QED) is 0.772. The monoisotopic (exact) mass is 218 g/mol. The van der Waals surface area contributed by atoms with E-state index in [1.165, 1.54) is 6.92 Å². The second-order valence-corrected chi connectivity index (χ2v) is 3.12. The Morgan fingerprint density at radius 1 is 1.53 bits per heavy atom. The van der Waals surface area contributed by atoms with E-state index in [0.717, 1.165) is 12.3 Å². The molecular formula is C9H9F3N2O. The van der Waals surface area contributed by atoms with Crippen LogP contribution in [0.4, 0.5) is 18.9 Å². The van der Waals surface area contributed by atoms with Crippen LogP contribution in [0.1, 0.15) is 24.1 Å². The van der Waals surface area contributed by atoms with Gasteiger partial charge in [0.2, 0.25) is 0 Å². The number of halogens is 3. The summed E-state index contributed by atoms with van der Waals surface area (Å²) in [5.41, 5.74) is 3.88. The molecule has 2 N–H and O–H groups in total. The molecule has 1 heterocycles. The van der Waals surface area contributed by atoms with E-state index < -0.39 is 17.7 Å². The minimum absolute atomic E-state index is 0.0795. The lowest BCUT2D eigenvalue weighted by atomic mass is 10.0. The van der Waals surface area contributed by atoms with Crippen LogP contribution in [0.2, 0.25) is 0 Å². The molecule has 0 spiro atoms. The summed E-state index contributed by atoms with van der Waals surface area (Å²) in [5, 5.41) is 0. The molecule has 0 amide bonds. The van der Waals surface area contributed by atoms with Crippen molar-refractivity contribution >= 4 is 12.0 Å². The molecule has 0 fully saturated rings. The number of carbonyl (C=O) groups is 1. The largest absolute Gasteiger partial charge is 0.418 e. The Labute approximate surface area is 84.1 Å². The van der Waals surface area contributed by atoms with Gasteiger partial charge in [-0.1, -0.05) is 6.92 Å². The summed E-state index contributed by atoms with van der Waals surface area (Å²) in [7, 11) is 0. The van der Waals surface area contributed by atoms with E-state index >= 15 is 0 Å². The highest BCUT2D eigenvalue weighted by Crippen LogP contribution is 2.34. The molecule has 6 heteroatoms. The van der Waals surface area contributed by atoms with Gasteiger partial charge in [-0.25, -0.2) is 0 Å². The summed E-state index contributed by atoms with van der Waals surface area (Å²) in [4.78, 5) is 14.0. The first-order chi connectivity index (χ1) is 6.86. The zero-order valence-electron chi connectivity index (χ0n) is 7.88. The van der Waals surface area contributed by atoms with Crippen molar-refractivity contribution in [3.63, 3.8) is 0 Å². The van der Waals surface area contributed by atoms with Gasteiger partial charge in [0.25, 0.3) is 0 Å². The first-order valence-electron chi connectivity index (χ1n) is 4.14. The number of rotatable bonds is 2. The van der Waals surface area contributed by atoms with E-state index in [-0.39, 0.29) is 11.4 Å². The first-order valence-corrected chi connectivity index (χ1v) is 4.14. The molecule has 0 aromatic carbocycles. The van der Waals surface area contributed by atoms with Crippen LogP contribution in [0.25, 0.3) is 0 Å². The number of aldehydes is 1. The van der Waals surface area contributed by atoms with Crippen LogP contribution in [-0.4, -0.2) is 11.3 Å². The molecule has 1 atom stereocenters. The number of nitrogens with two attached hydrogens (primary N) is 1. The number of nitrogens with zero attached hydrogens (tertiary/aromatic N) is 1. The molecule has 1 rings (SSSR count). The van der Waals surface area contributed by atoms with E-state index in [1.807, 2.05) is 0 Å². The van der Waals surface area contributed by atoms with Gasteiger partial charge in [0.1, 0.15) is 6.29 Å². The Balaban J connectivity index is 3.33. The van der Waals surface area contributed by atoms with Crippen LogP contribution in [0.5, 0.6) is 0 Å². The van der Waals surface area contributed by atoms with Crippen LogP contribution in [0.3, 0.4) is 0 Å². The number of anilines is 1. The second-order valence-electron chi connectivity index (χ2n) is 3.12. The lowest BCUT2D eigenvalue weighted by Gasteiger charge is -2.13. The normalized spacial score (nSPS) is 13.6. The fourth-order valence-corrected chi connectivity index (χ4v) is 1.15. The van der Waals surface area contributed by atoms with Crippen molar-refractivity contribution in [3.05, 3.63) is 23.5 Å². The number of carbonyl (C=O) groups excluding carboxylic acids is 1. The Morgan fingerprint density at radius 3 is 2.60 bits per heavy atom. The lowest BCUT2D eigenvalue weighted by Crippen LogP contribution is -2.14. The zero-order valence-corrected chi connectivity index (χ0v) is 7.88. The summed E-state index contributed by atoms with van der Waals surface area (Å²) in [6.45, 7) is 1.35. The molecule has 15 heavy (non-hydrogen) atoms. The number of pyridine rings is 1. The highest BCUT2D eigenvalue weighted by molar-refractivity contribution is 5.62. The maximum atomic E-state index is 12.5. The van der Waals surface area contributed by atoms with Crippen molar-refractivity contribution in [3.8, 4) is 0 Å². The summed E-state index contributed by atoms with van der Waals surface area (Å²) in [6, 6.07) is 0.780. The fourth-order valence-electron chi connectivity index (χ4n) is 1.15. The molecule has 0 aliphatic rings. The number of alkyl halides is 3. The Morgan fingerprint density at radius 2 is 2.13 bits per heavy atom. The number of hydrogen-bond donors (Lipinski definition) is 1. The van der Waals surface area contributed by atoms with Crippen molar-refractivity contribution in [1.29, 1.82) is 0 Å². The minimum atomic E-state index is -4.55.